The number of aromatic hydroxyl groups is 1. The quantitative estimate of drug-likeness (QED) is 0.896. The third kappa shape index (κ3) is 2.68. The summed E-state index contributed by atoms with van der Waals surface area (Å²) in [5, 5.41) is 9.89. The average molecular weight is 246 g/mol. The molecular formula is C15H15FO2. The van der Waals surface area contributed by atoms with Crippen molar-refractivity contribution in [2.45, 2.75) is 5.92 Å². The molecule has 0 aliphatic heterocycles. The molecule has 0 saturated carbocycles. The number of ether oxygens (including phenoxy) is 1. The Morgan fingerprint density at radius 1 is 1.11 bits per heavy atom. The van der Waals surface area contributed by atoms with Crippen molar-refractivity contribution in [3.8, 4) is 5.75 Å². The fraction of sp³-hybridized carbons (Fsp3) is 0.200. The number of hydrogen-bond acceptors (Lipinski definition) is 2. The highest BCUT2D eigenvalue weighted by atomic mass is 19.1. The van der Waals surface area contributed by atoms with E-state index in [1.807, 2.05) is 12.1 Å². The van der Waals surface area contributed by atoms with E-state index in [2.05, 4.69) is 0 Å². The third-order valence-corrected chi connectivity index (χ3v) is 2.92. The molecule has 2 aromatic carbocycles. The molecule has 0 bridgehead atoms. The van der Waals surface area contributed by atoms with Crippen molar-refractivity contribution < 1.29 is 14.2 Å². The highest BCUT2D eigenvalue weighted by Crippen LogP contribution is 2.31. The molecule has 1 N–H and O–H groups in total. The molecule has 0 aliphatic rings. The van der Waals surface area contributed by atoms with Crippen molar-refractivity contribution in [1.29, 1.82) is 0 Å². The van der Waals surface area contributed by atoms with Crippen LogP contribution in [0.2, 0.25) is 0 Å². The van der Waals surface area contributed by atoms with Gasteiger partial charge in [-0.1, -0.05) is 30.3 Å². The van der Waals surface area contributed by atoms with Crippen LogP contribution in [0.4, 0.5) is 4.39 Å². The predicted molar refractivity (Wildman–Crippen MR) is 68.2 cm³/mol. The molecule has 0 saturated heterocycles. The van der Waals surface area contributed by atoms with Crippen LogP contribution in [0, 0.1) is 5.82 Å². The maximum absolute atomic E-state index is 12.9. The van der Waals surface area contributed by atoms with Crippen LogP contribution in [0.25, 0.3) is 0 Å². The number of halogens is 1. The second-order valence-electron chi connectivity index (χ2n) is 4.12. The molecule has 94 valence electrons. The monoisotopic (exact) mass is 246 g/mol. The molecule has 18 heavy (non-hydrogen) atoms. The van der Waals surface area contributed by atoms with E-state index in [0.29, 0.717) is 6.61 Å². The number of para-hydroxylation sites is 1. The van der Waals surface area contributed by atoms with Crippen molar-refractivity contribution in [2.24, 2.45) is 0 Å². The number of rotatable bonds is 4. The topological polar surface area (TPSA) is 29.5 Å². The summed E-state index contributed by atoms with van der Waals surface area (Å²) < 4.78 is 18.1. The first kappa shape index (κ1) is 12.6. The first-order chi connectivity index (χ1) is 8.72. The molecule has 2 aromatic rings. The van der Waals surface area contributed by atoms with Gasteiger partial charge in [0.05, 0.1) is 6.61 Å². The normalized spacial score (nSPS) is 12.3. The summed E-state index contributed by atoms with van der Waals surface area (Å²) in [6.45, 7) is 0.434. The number of phenolic OH excluding ortho intramolecular Hbond substituents is 1. The van der Waals surface area contributed by atoms with Gasteiger partial charge in [0.2, 0.25) is 0 Å². The van der Waals surface area contributed by atoms with Gasteiger partial charge in [-0.2, -0.15) is 0 Å². The molecule has 1 unspecified atom stereocenters. The Labute approximate surface area is 106 Å². The smallest absolute Gasteiger partial charge is 0.123 e. The van der Waals surface area contributed by atoms with E-state index in [-0.39, 0.29) is 17.5 Å². The highest BCUT2D eigenvalue weighted by Gasteiger charge is 2.17. The molecule has 2 rings (SSSR count). The number of phenols is 1. The second kappa shape index (κ2) is 5.65. The van der Waals surface area contributed by atoms with E-state index in [4.69, 9.17) is 4.74 Å². The molecule has 0 spiro atoms. The first-order valence-electron chi connectivity index (χ1n) is 5.74. The molecule has 0 amide bonds. The van der Waals surface area contributed by atoms with E-state index in [0.717, 1.165) is 11.1 Å². The second-order valence-corrected chi connectivity index (χ2v) is 4.12. The van der Waals surface area contributed by atoms with Gasteiger partial charge in [-0.15, -0.1) is 0 Å². The Hall–Kier alpha value is -1.87. The van der Waals surface area contributed by atoms with Crippen LogP contribution in [0.3, 0.4) is 0 Å². The first-order valence-corrected chi connectivity index (χ1v) is 5.74. The van der Waals surface area contributed by atoms with E-state index in [1.54, 1.807) is 31.4 Å². The van der Waals surface area contributed by atoms with Gasteiger partial charge in [-0.3, -0.25) is 0 Å². The van der Waals surface area contributed by atoms with Gasteiger partial charge < -0.3 is 9.84 Å². The number of methoxy groups -OCH3 is 1. The lowest BCUT2D eigenvalue weighted by Gasteiger charge is -2.18. The van der Waals surface area contributed by atoms with E-state index >= 15 is 0 Å². The molecule has 2 nitrogen and oxygen atoms in total. The van der Waals surface area contributed by atoms with Crippen molar-refractivity contribution in [1.82, 2.24) is 0 Å². The molecule has 0 aliphatic carbocycles. The predicted octanol–water partition coefficient (Wildman–Crippen LogP) is 3.31. The summed E-state index contributed by atoms with van der Waals surface area (Å²) in [4.78, 5) is 0. The van der Waals surface area contributed by atoms with Gasteiger partial charge in [0.25, 0.3) is 0 Å². The molecular weight excluding hydrogens is 231 g/mol. The minimum atomic E-state index is -0.271. The Morgan fingerprint density at radius 2 is 1.78 bits per heavy atom. The van der Waals surface area contributed by atoms with Gasteiger partial charge in [-0.05, 0) is 23.8 Å². The lowest BCUT2D eigenvalue weighted by atomic mass is 9.91. The Kier molecular flexibility index (Phi) is 3.95. The average Bonchev–Trinajstić information content (AvgIpc) is 2.38. The lowest BCUT2D eigenvalue weighted by molar-refractivity contribution is 0.188. The maximum atomic E-state index is 12.9. The summed E-state index contributed by atoms with van der Waals surface area (Å²) in [6.07, 6.45) is 0. The van der Waals surface area contributed by atoms with E-state index < -0.39 is 0 Å². The molecule has 1 atom stereocenters. The lowest BCUT2D eigenvalue weighted by Crippen LogP contribution is -2.08. The summed E-state index contributed by atoms with van der Waals surface area (Å²) in [5.74, 6) is -0.145. The summed E-state index contributed by atoms with van der Waals surface area (Å²) in [6, 6.07) is 13.4. The fourth-order valence-corrected chi connectivity index (χ4v) is 2.01. The summed E-state index contributed by atoms with van der Waals surface area (Å²) >= 11 is 0. The fourth-order valence-electron chi connectivity index (χ4n) is 2.01. The van der Waals surface area contributed by atoms with Crippen molar-refractivity contribution in [3.05, 3.63) is 65.5 Å². The number of benzene rings is 2. The standard InChI is InChI=1S/C15H15FO2/c1-18-10-14(11-6-8-12(16)9-7-11)13-4-2-3-5-15(13)17/h2-9,14,17H,10H2,1H3. The minimum Gasteiger partial charge on any atom is -0.508 e. The molecule has 0 heterocycles. The molecule has 0 fully saturated rings. The maximum Gasteiger partial charge on any atom is 0.123 e. The zero-order valence-corrected chi connectivity index (χ0v) is 10.1. The van der Waals surface area contributed by atoms with Crippen molar-refractivity contribution >= 4 is 0 Å². The largest absolute Gasteiger partial charge is 0.508 e. The Morgan fingerprint density at radius 3 is 2.39 bits per heavy atom. The van der Waals surface area contributed by atoms with Gasteiger partial charge in [0, 0.05) is 18.6 Å². The van der Waals surface area contributed by atoms with Gasteiger partial charge in [-0.25, -0.2) is 4.39 Å². The van der Waals surface area contributed by atoms with Crippen molar-refractivity contribution in [3.63, 3.8) is 0 Å². The van der Waals surface area contributed by atoms with Crippen LogP contribution in [0.1, 0.15) is 17.0 Å². The van der Waals surface area contributed by atoms with Crippen LogP contribution >= 0.6 is 0 Å². The SMILES string of the molecule is COCC(c1ccc(F)cc1)c1ccccc1O. The summed E-state index contributed by atoms with van der Waals surface area (Å²) in [7, 11) is 1.61. The Balaban J connectivity index is 2.40. The van der Waals surface area contributed by atoms with E-state index in [1.165, 1.54) is 12.1 Å². The molecule has 0 radical (unpaired) electrons. The Bertz CT molecular complexity index is 508. The number of hydrogen-bond donors (Lipinski definition) is 1. The van der Waals surface area contributed by atoms with Crippen LogP contribution in [0.15, 0.2) is 48.5 Å². The molecule has 0 aromatic heterocycles. The summed E-state index contributed by atoms with van der Waals surface area (Å²) in [5.41, 5.74) is 1.70. The zero-order chi connectivity index (χ0) is 13.0. The third-order valence-electron chi connectivity index (χ3n) is 2.92. The van der Waals surface area contributed by atoms with Crippen LogP contribution < -0.4 is 0 Å². The van der Waals surface area contributed by atoms with Crippen LogP contribution in [0.5, 0.6) is 5.75 Å². The van der Waals surface area contributed by atoms with Crippen LogP contribution in [-0.2, 0) is 4.74 Å². The molecule has 3 heteroatoms. The van der Waals surface area contributed by atoms with Gasteiger partial charge in [0.1, 0.15) is 11.6 Å². The van der Waals surface area contributed by atoms with Crippen molar-refractivity contribution in [2.75, 3.05) is 13.7 Å². The van der Waals surface area contributed by atoms with E-state index in [9.17, 15) is 9.50 Å². The van der Waals surface area contributed by atoms with Gasteiger partial charge in [0.15, 0.2) is 0 Å². The minimum absolute atomic E-state index is 0.100. The van der Waals surface area contributed by atoms with Gasteiger partial charge >= 0.3 is 0 Å². The zero-order valence-electron chi connectivity index (χ0n) is 10.1. The highest BCUT2D eigenvalue weighted by molar-refractivity contribution is 5.41. The van der Waals surface area contributed by atoms with Crippen LogP contribution in [-0.4, -0.2) is 18.8 Å².